The van der Waals surface area contributed by atoms with E-state index in [1.165, 1.54) is 0 Å². The molecule has 1 aliphatic rings. The first-order chi connectivity index (χ1) is 10.8. The third kappa shape index (κ3) is 2.20. The summed E-state index contributed by atoms with van der Waals surface area (Å²) in [6.45, 7) is 0.473. The van der Waals surface area contributed by atoms with Gasteiger partial charge < -0.3 is 14.1 Å². The molecule has 0 fully saturated rings. The maximum absolute atomic E-state index is 12.0. The van der Waals surface area contributed by atoms with Gasteiger partial charge in [0.15, 0.2) is 0 Å². The van der Waals surface area contributed by atoms with Crippen molar-refractivity contribution >= 4 is 17.6 Å². The van der Waals surface area contributed by atoms with Gasteiger partial charge in [0.2, 0.25) is 5.91 Å². The normalized spacial score (nSPS) is 18.4. The molecule has 0 radical (unpaired) electrons. The predicted octanol–water partition coefficient (Wildman–Crippen LogP) is 2.74. The number of allylic oxidation sites excluding steroid dienone is 1. The highest BCUT2D eigenvalue weighted by molar-refractivity contribution is 5.78. The third-order valence-electron chi connectivity index (χ3n) is 3.89. The fraction of sp³-hybridized carbons (Fsp3) is 0.176. The number of aromatic nitrogens is 2. The summed E-state index contributed by atoms with van der Waals surface area (Å²) in [5.74, 6) is 0.789. The topological polar surface area (TPSA) is 59.5 Å². The summed E-state index contributed by atoms with van der Waals surface area (Å²) in [5.41, 5.74) is 2.89. The van der Waals surface area contributed by atoms with Gasteiger partial charge in [0.25, 0.3) is 0 Å². The first-order valence-corrected chi connectivity index (χ1v) is 7.25. The SMILES string of the molecule is O=C1C[C@H](/C=C/c2ccco2)c2c(nc3ccccn23)CN1. The number of furan rings is 1. The Hall–Kier alpha value is -2.82. The van der Waals surface area contributed by atoms with Gasteiger partial charge >= 0.3 is 0 Å². The summed E-state index contributed by atoms with van der Waals surface area (Å²) in [6.07, 6.45) is 7.97. The van der Waals surface area contributed by atoms with E-state index in [0.29, 0.717) is 13.0 Å². The van der Waals surface area contributed by atoms with Crippen LogP contribution in [0.4, 0.5) is 0 Å². The smallest absolute Gasteiger partial charge is 0.221 e. The molecule has 0 aromatic carbocycles. The minimum Gasteiger partial charge on any atom is -0.465 e. The van der Waals surface area contributed by atoms with Crippen LogP contribution in [-0.4, -0.2) is 15.3 Å². The van der Waals surface area contributed by atoms with Gasteiger partial charge in [0.05, 0.1) is 24.2 Å². The maximum atomic E-state index is 12.0. The average molecular weight is 293 g/mol. The third-order valence-corrected chi connectivity index (χ3v) is 3.89. The van der Waals surface area contributed by atoms with E-state index in [2.05, 4.69) is 14.7 Å². The molecule has 0 bridgehead atoms. The summed E-state index contributed by atoms with van der Waals surface area (Å²) in [6, 6.07) is 9.65. The van der Waals surface area contributed by atoms with E-state index in [1.807, 2.05) is 48.7 Å². The molecular weight excluding hydrogens is 278 g/mol. The Labute approximate surface area is 127 Å². The number of pyridine rings is 1. The molecule has 110 valence electrons. The molecule has 1 aliphatic heterocycles. The van der Waals surface area contributed by atoms with Crippen LogP contribution in [0.2, 0.25) is 0 Å². The highest BCUT2D eigenvalue weighted by Crippen LogP contribution is 2.29. The van der Waals surface area contributed by atoms with Crippen molar-refractivity contribution in [2.24, 2.45) is 0 Å². The monoisotopic (exact) mass is 293 g/mol. The highest BCUT2D eigenvalue weighted by atomic mass is 16.3. The molecule has 4 heterocycles. The number of carbonyl (C=O) groups is 1. The van der Waals surface area contributed by atoms with E-state index in [9.17, 15) is 4.79 Å². The lowest BCUT2D eigenvalue weighted by Gasteiger charge is -2.10. The van der Waals surface area contributed by atoms with Gasteiger partial charge in [-0.05, 0) is 30.3 Å². The number of carbonyl (C=O) groups excluding carboxylic acids is 1. The van der Waals surface area contributed by atoms with Crippen molar-refractivity contribution in [3.63, 3.8) is 0 Å². The van der Waals surface area contributed by atoms with Crippen molar-refractivity contribution < 1.29 is 9.21 Å². The second-order valence-corrected chi connectivity index (χ2v) is 5.33. The summed E-state index contributed by atoms with van der Waals surface area (Å²) in [5, 5.41) is 2.91. The molecule has 5 nitrogen and oxygen atoms in total. The van der Waals surface area contributed by atoms with Crippen molar-refractivity contribution in [1.82, 2.24) is 14.7 Å². The first-order valence-electron chi connectivity index (χ1n) is 7.25. The Morgan fingerprint density at radius 3 is 3.14 bits per heavy atom. The Balaban J connectivity index is 1.81. The molecule has 1 atom stereocenters. The second-order valence-electron chi connectivity index (χ2n) is 5.33. The summed E-state index contributed by atoms with van der Waals surface area (Å²) >= 11 is 0. The number of fused-ring (bicyclic) bond motifs is 3. The first kappa shape index (κ1) is 12.9. The average Bonchev–Trinajstić information content (AvgIpc) is 3.13. The van der Waals surface area contributed by atoms with Crippen molar-refractivity contribution in [2.75, 3.05) is 0 Å². The summed E-state index contributed by atoms with van der Waals surface area (Å²) in [4.78, 5) is 16.6. The fourth-order valence-electron chi connectivity index (χ4n) is 2.89. The van der Waals surface area contributed by atoms with Gasteiger partial charge in [-0.15, -0.1) is 0 Å². The fourth-order valence-corrected chi connectivity index (χ4v) is 2.89. The molecule has 5 heteroatoms. The van der Waals surface area contributed by atoms with Gasteiger partial charge in [-0.2, -0.15) is 0 Å². The van der Waals surface area contributed by atoms with Crippen LogP contribution >= 0.6 is 0 Å². The van der Waals surface area contributed by atoms with E-state index < -0.39 is 0 Å². The van der Waals surface area contributed by atoms with E-state index in [1.54, 1.807) is 6.26 Å². The van der Waals surface area contributed by atoms with Crippen LogP contribution in [0.25, 0.3) is 11.7 Å². The van der Waals surface area contributed by atoms with E-state index in [0.717, 1.165) is 22.8 Å². The summed E-state index contributed by atoms with van der Waals surface area (Å²) in [7, 11) is 0. The van der Waals surface area contributed by atoms with Crippen LogP contribution in [-0.2, 0) is 11.3 Å². The lowest BCUT2D eigenvalue weighted by molar-refractivity contribution is -0.121. The Morgan fingerprint density at radius 1 is 1.32 bits per heavy atom. The van der Waals surface area contributed by atoms with E-state index >= 15 is 0 Å². The van der Waals surface area contributed by atoms with Gasteiger partial charge in [0, 0.05) is 18.5 Å². The summed E-state index contributed by atoms with van der Waals surface area (Å²) < 4.78 is 7.39. The molecule has 0 saturated carbocycles. The Bertz CT molecular complexity index is 846. The molecule has 1 amide bonds. The maximum Gasteiger partial charge on any atom is 0.221 e. The molecule has 0 aliphatic carbocycles. The Morgan fingerprint density at radius 2 is 2.27 bits per heavy atom. The molecule has 22 heavy (non-hydrogen) atoms. The van der Waals surface area contributed by atoms with Crippen LogP contribution in [0.3, 0.4) is 0 Å². The molecule has 3 aromatic heterocycles. The van der Waals surface area contributed by atoms with Crippen LogP contribution in [0.5, 0.6) is 0 Å². The number of imidazole rings is 1. The van der Waals surface area contributed by atoms with E-state index in [4.69, 9.17) is 4.42 Å². The predicted molar refractivity (Wildman–Crippen MR) is 82.1 cm³/mol. The van der Waals surface area contributed by atoms with Crippen LogP contribution in [0.15, 0.2) is 53.3 Å². The van der Waals surface area contributed by atoms with Crippen LogP contribution in [0.1, 0.15) is 29.5 Å². The number of hydrogen-bond acceptors (Lipinski definition) is 3. The lowest BCUT2D eigenvalue weighted by atomic mass is 9.99. The zero-order valence-electron chi connectivity index (χ0n) is 11.9. The minimum absolute atomic E-state index is 0.0278. The van der Waals surface area contributed by atoms with Crippen molar-refractivity contribution in [3.05, 3.63) is 66.0 Å². The van der Waals surface area contributed by atoms with Crippen molar-refractivity contribution in [2.45, 2.75) is 18.9 Å². The lowest BCUT2D eigenvalue weighted by Crippen LogP contribution is -2.21. The van der Waals surface area contributed by atoms with Crippen molar-refractivity contribution in [1.29, 1.82) is 0 Å². The number of rotatable bonds is 2. The molecule has 0 unspecified atom stereocenters. The molecular formula is C17H15N3O2. The molecule has 4 rings (SSSR count). The highest BCUT2D eigenvalue weighted by Gasteiger charge is 2.25. The quantitative estimate of drug-likeness (QED) is 0.790. The minimum atomic E-state index is -0.0278. The second kappa shape index (κ2) is 5.18. The molecule has 0 spiro atoms. The number of amides is 1. The van der Waals surface area contributed by atoms with Crippen molar-refractivity contribution in [3.8, 4) is 0 Å². The standard InChI is InChI=1S/C17H15N3O2/c21-16-10-12(6-7-13-4-3-9-22-13)17-14(11-18-16)19-15-5-1-2-8-20(15)17/h1-9,12H,10-11H2,(H,18,21)/b7-6+/t12-/m0/s1. The molecule has 1 N–H and O–H groups in total. The van der Waals surface area contributed by atoms with Crippen LogP contribution in [0, 0.1) is 0 Å². The van der Waals surface area contributed by atoms with Gasteiger partial charge in [0.1, 0.15) is 11.4 Å². The van der Waals surface area contributed by atoms with Gasteiger partial charge in [-0.25, -0.2) is 4.98 Å². The zero-order valence-corrected chi connectivity index (χ0v) is 11.9. The van der Waals surface area contributed by atoms with Crippen LogP contribution < -0.4 is 5.32 Å². The zero-order chi connectivity index (χ0) is 14.9. The number of hydrogen-bond donors (Lipinski definition) is 1. The van der Waals surface area contributed by atoms with Gasteiger partial charge in [-0.1, -0.05) is 12.1 Å². The largest absolute Gasteiger partial charge is 0.465 e. The van der Waals surface area contributed by atoms with Gasteiger partial charge in [-0.3, -0.25) is 4.79 Å². The molecule has 3 aromatic rings. The Kier molecular flexibility index (Phi) is 3.04. The molecule has 0 saturated heterocycles. The number of nitrogens with one attached hydrogen (secondary N) is 1. The number of nitrogens with zero attached hydrogens (tertiary/aromatic N) is 2. The van der Waals surface area contributed by atoms with E-state index in [-0.39, 0.29) is 11.8 Å².